The molecule has 32 heavy (non-hydrogen) atoms. The van der Waals surface area contributed by atoms with Crippen LogP contribution in [0.5, 0.6) is 0 Å². The van der Waals surface area contributed by atoms with Gasteiger partial charge in [0, 0.05) is 22.2 Å². The summed E-state index contributed by atoms with van der Waals surface area (Å²) in [5, 5.41) is 13.7. The zero-order valence-corrected chi connectivity index (χ0v) is 18.1. The molecular weight excluding hydrogens is 478 g/mol. The highest BCUT2D eigenvalue weighted by atomic mass is 79.9. The second kappa shape index (κ2) is 8.72. The second-order valence-electron chi connectivity index (χ2n) is 7.13. The van der Waals surface area contributed by atoms with E-state index in [9.17, 15) is 24.5 Å². The number of carbonyl (C=O) groups is 3. The fourth-order valence-electron chi connectivity index (χ4n) is 3.62. The van der Waals surface area contributed by atoms with Crippen molar-refractivity contribution in [2.45, 2.75) is 6.04 Å². The molecule has 1 heterocycles. The van der Waals surface area contributed by atoms with Gasteiger partial charge in [-0.15, -0.1) is 0 Å². The van der Waals surface area contributed by atoms with Crippen molar-refractivity contribution in [1.29, 1.82) is 0 Å². The van der Waals surface area contributed by atoms with E-state index in [1.807, 2.05) is 0 Å². The predicted octanol–water partition coefficient (Wildman–Crippen LogP) is 4.65. The van der Waals surface area contributed by atoms with E-state index in [4.69, 9.17) is 0 Å². The Balaban J connectivity index is 1.78. The third-order valence-electron chi connectivity index (χ3n) is 5.19. The molecule has 2 atom stereocenters. The van der Waals surface area contributed by atoms with Gasteiger partial charge in [-0.25, -0.2) is 9.69 Å². The standard InChI is InChI=1S/C23H16BrN3O5/c24-16-10-6-15(7-11-16)21(28)19-20(14-8-12-18(13-9-14)27(31)32)25-23(30)26(22(19)29)17-4-2-1-3-5-17/h1-13,19-20H,(H,25,30)/t19-,20+/m1/s1. The Morgan fingerprint density at radius 2 is 1.56 bits per heavy atom. The van der Waals surface area contributed by atoms with Crippen LogP contribution in [0.3, 0.4) is 0 Å². The molecule has 0 spiro atoms. The molecule has 1 saturated heterocycles. The number of amides is 3. The minimum Gasteiger partial charge on any atom is -0.329 e. The molecule has 1 aliphatic heterocycles. The topological polar surface area (TPSA) is 110 Å². The minimum absolute atomic E-state index is 0.135. The van der Waals surface area contributed by atoms with Crippen LogP contribution >= 0.6 is 15.9 Å². The van der Waals surface area contributed by atoms with Crippen molar-refractivity contribution in [2.24, 2.45) is 5.92 Å². The molecule has 0 saturated carbocycles. The Hall–Kier alpha value is -3.85. The first kappa shape index (κ1) is 21.4. The van der Waals surface area contributed by atoms with Gasteiger partial charge >= 0.3 is 6.03 Å². The van der Waals surface area contributed by atoms with Gasteiger partial charge in [-0.3, -0.25) is 19.7 Å². The summed E-state index contributed by atoms with van der Waals surface area (Å²) in [6.07, 6.45) is 0. The van der Waals surface area contributed by atoms with E-state index in [2.05, 4.69) is 21.2 Å². The minimum atomic E-state index is -1.25. The molecule has 8 nitrogen and oxygen atoms in total. The van der Waals surface area contributed by atoms with Gasteiger partial charge in [-0.05, 0) is 29.8 Å². The summed E-state index contributed by atoms with van der Waals surface area (Å²) in [4.78, 5) is 51.2. The molecule has 3 amide bonds. The van der Waals surface area contributed by atoms with Gasteiger partial charge in [0.25, 0.3) is 5.69 Å². The van der Waals surface area contributed by atoms with Gasteiger partial charge in [-0.1, -0.05) is 58.4 Å². The van der Waals surface area contributed by atoms with Crippen molar-refractivity contribution < 1.29 is 19.3 Å². The number of ketones is 1. The van der Waals surface area contributed by atoms with Crippen LogP contribution in [0.1, 0.15) is 22.0 Å². The maximum atomic E-state index is 13.5. The number of imide groups is 1. The molecule has 1 N–H and O–H groups in total. The van der Waals surface area contributed by atoms with E-state index < -0.39 is 34.6 Å². The summed E-state index contributed by atoms with van der Waals surface area (Å²) in [6, 6.07) is 18.7. The van der Waals surface area contributed by atoms with Crippen LogP contribution in [0.4, 0.5) is 16.2 Å². The molecular formula is C23H16BrN3O5. The van der Waals surface area contributed by atoms with E-state index in [0.29, 0.717) is 16.8 Å². The molecule has 3 aromatic rings. The molecule has 0 bridgehead atoms. The Kier molecular flexibility index (Phi) is 5.83. The summed E-state index contributed by atoms with van der Waals surface area (Å²) < 4.78 is 0.773. The number of nitro benzene ring substituents is 1. The van der Waals surface area contributed by atoms with Crippen molar-refractivity contribution in [3.05, 3.63) is 105 Å². The highest BCUT2D eigenvalue weighted by molar-refractivity contribution is 9.10. The van der Waals surface area contributed by atoms with E-state index in [0.717, 1.165) is 9.37 Å². The molecule has 4 rings (SSSR count). The number of Topliss-reactive ketones (excluding diaryl/α,β-unsaturated/α-hetero) is 1. The van der Waals surface area contributed by atoms with Crippen molar-refractivity contribution in [3.8, 4) is 0 Å². The van der Waals surface area contributed by atoms with Crippen LogP contribution in [-0.4, -0.2) is 22.6 Å². The van der Waals surface area contributed by atoms with Crippen molar-refractivity contribution >= 4 is 45.0 Å². The Morgan fingerprint density at radius 1 is 0.938 bits per heavy atom. The normalized spacial score (nSPS) is 18.2. The van der Waals surface area contributed by atoms with Crippen LogP contribution in [0.15, 0.2) is 83.3 Å². The molecule has 0 radical (unpaired) electrons. The number of anilines is 1. The number of benzene rings is 3. The maximum Gasteiger partial charge on any atom is 0.329 e. The first-order valence-electron chi connectivity index (χ1n) is 9.60. The van der Waals surface area contributed by atoms with Crippen LogP contribution in [0.25, 0.3) is 0 Å². The van der Waals surface area contributed by atoms with Gasteiger partial charge in [0.2, 0.25) is 5.91 Å². The Bertz CT molecular complexity index is 1200. The molecule has 9 heteroatoms. The van der Waals surface area contributed by atoms with Crippen LogP contribution < -0.4 is 10.2 Å². The lowest BCUT2D eigenvalue weighted by molar-refractivity contribution is -0.384. The average Bonchev–Trinajstić information content (AvgIpc) is 2.79. The number of hydrogen-bond donors (Lipinski definition) is 1. The molecule has 1 aliphatic rings. The first-order chi connectivity index (χ1) is 15.4. The monoisotopic (exact) mass is 493 g/mol. The van der Waals surface area contributed by atoms with Gasteiger partial charge in [0.05, 0.1) is 16.7 Å². The van der Waals surface area contributed by atoms with E-state index in [-0.39, 0.29) is 5.69 Å². The van der Waals surface area contributed by atoms with Gasteiger partial charge in [0.1, 0.15) is 5.92 Å². The quantitative estimate of drug-likeness (QED) is 0.240. The lowest BCUT2D eigenvalue weighted by Gasteiger charge is -2.37. The lowest BCUT2D eigenvalue weighted by Crippen LogP contribution is -2.58. The number of carbonyl (C=O) groups excluding carboxylic acids is 3. The third-order valence-corrected chi connectivity index (χ3v) is 5.72. The first-order valence-corrected chi connectivity index (χ1v) is 10.4. The number of para-hydroxylation sites is 1. The van der Waals surface area contributed by atoms with Crippen LogP contribution in [0, 0.1) is 16.0 Å². The summed E-state index contributed by atoms with van der Waals surface area (Å²) in [5.74, 6) is -2.39. The van der Waals surface area contributed by atoms with Gasteiger partial charge in [0.15, 0.2) is 5.78 Å². The van der Waals surface area contributed by atoms with Crippen LogP contribution in [0.2, 0.25) is 0 Å². The second-order valence-corrected chi connectivity index (χ2v) is 8.05. The fourth-order valence-corrected chi connectivity index (χ4v) is 3.88. The summed E-state index contributed by atoms with van der Waals surface area (Å²) >= 11 is 3.32. The third kappa shape index (κ3) is 4.02. The number of rotatable bonds is 5. The van der Waals surface area contributed by atoms with E-state index in [1.165, 1.54) is 24.3 Å². The highest BCUT2D eigenvalue weighted by Crippen LogP contribution is 2.34. The number of nitro groups is 1. The largest absolute Gasteiger partial charge is 0.329 e. The van der Waals surface area contributed by atoms with Crippen molar-refractivity contribution in [1.82, 2.24) is 5.32 Å². The molecule has 0 aromatic heterocycles. The Morgan fingerprint density at radius 3 is 2.16 bits per heavy atom. The predicted molar refractivity (Wildman–Crippen MR) is 120 cm³/mol. The van der Waals surface area contributed by atoms with Gasteiger partial charge < -0.3 is 5.32 Å². The SMILES string of the molecule is O=C(c1ccc(Br)cc1)[C@@H]1C(=O)N(c2ccccc2)C(=O)N[C@H]1c1ccc([N+](=O)[O-])cc1. The number of non-ortho nitro benzene ring substituents is 1. The highest BCUT2D eigenvalue weighted by Gasteiger charge is 2.46. The summed E-state index contributed by atoms with van der Waals surface area (Å²) in [5.41, 5.74) is 0.928. The smallest absolute Gasteiger partial charge is 0.329 e. The summed E-state index contributed by atoms with van der Waals surface area (Å²) in [6.45, 7) is 0. The number of nitrogens with one attached hydrogen (secondary N) is 1. The average molecular weight is 494 g/mol. The molecule has 1 fully saturated rings. The molecule has 0 unspecified atom stereocenters. The lowest BCUT2D eigenvalue weighted by atomic mass is 9.84. The summed E-state index contributed by atoms with van der Waals surface area (Å²) in [7, 11) is 0. The number of urea groups is 1. The molecule has 3 aromatic carbocycles. The zero-order chi connectivity index (χ0) is 22.8. The number of nitrogens with zero attached hydrogens (tertiary/aromatic N) is 2. The van der Waals surface area contributed by atoms with E-state index >= 15 is 0 Å². The molecule has 160 valence electrons. The zero-order valence-electron chi connectivity index (χ0n) is 16.5. The fraction of sp³-hybridized carbons (Fsp3) is 0.0870. The van der Waals surface area contributed by atoms with Gasteiger partial charge in [-0.2, -0.15) is 0 Å². The number of halogens is 1. The van der Waals surface area contributed by atoms with Crippen LogP contribution in [-0.2, 0) is 4.79 Å². The maximum absolute atomic E-state index is 13.5. The van der Waals surface area contributed by atoms with Crippen molar-refractivity contribution in [2.75, 3.05) is 4.90 Å². The van der Waals surface area contributed by atoms with E-state index in [1.54, 1.807) is 54.6 Å². The van der Waals surface area contributed by atoms with Crippen molar-refractivity contribution in [3.63, 3.8) is 0 Å². The molecule has 0 aliphatic carbocycles. The number of hydrogen-bond acceptors (Lipinski definition) is 5. The Labute approximate surface area is 191 Å².